The van der Waals surface area contributed by atoms with E-state index in [1.54, 1.807) is 54.7 Å². The first kappa shape index (κ1) is 18.1. The van der Waals surface area contributed by atoms with E-state index in [9.17, 15) is 13.2 Å². The van der Waals surface area contributed by atoms with E-state index >= 15 is 0 Å². The van der Waals surface area contributed by atoms with E-state index in [2.05, 4.69) is 10.3 Å². The van der Waals surface area contributed by atoms with Crippen LogP contribution >= 0.6 is 11.6 Å². The minimum Gasteiger partial charge on any atom is -0.322 e. The van der Waals surface area contributed by atoms with Gasteiger partial charge in [0.25, 0.3) is 5.91 Å². The Morgan fingerprint density at radius 1 is 1.00 bits per heavy atom. The third-order valence-corrected chi connectivity index (χ3v) is 5.15. The molecule has 7 heteroatoms. The Kier molecular flexibility index (Phi) is 5.06. The summed E-state index contributed by atoms with van der Waals surface area (Å²) < 4.78 is 22.9. The number of benzene rings is 2. The summed E-state index contributed by atoms with van der Waals surface area (Å²) in [5, 5.41) is 3.27. The van der Waals surface area contributed by atoms with Crippen molar-refractivity contribution in [3.8, 4) is 11.3 Å². The molecule has 0 unspecified atom stereocenters. The molecule has 0 fully saturated rings. The average molecular weight is 387 g/mol. The molecule has 1 N–H and O–H groups in total. The predicted molar refractivity (Wildman–Crippen MR) is 102 cm³/mol. The van der Waals surface area contributed by atoms with Crippen molar-refractivity contribution in [2.24, 2.45) is 0 Å². The molecule has 0 radical (unpaired) electrons. The Bertz CT molecular complexity index is 1050. The maximum Gasteiger partial charge on any atom is 0.255 e. The highest BCUT2D eigenvalue weighted by Gasteiger charge is 2.10. The van der Waals surface area contributed by atoms with Gasteiger partial charge in [-0.15, -0.1) is 0 Å². The van der Waals surface area contributed by atoms with Crippen molar-refractivity contribution in [3.05, 3.63) is 77.4 Å². The molecule has 0 spiro atoms. The standard InChI is InChI=1S/C19H15ClN2O3S/c1-26(24,25)16-10-8-15(9-11-16)22-19(23)14-6-4-13(5-7-14)18-17(20)3-2-12-21-18/h2-12H,1H3,(H,22,23). The van der Waals surface area contributed by atoms with Crippen LogP contribution in [0.5, 0.6) is 0 Å². The molecule has 1 amide bonds. The molecule has 0 saturated carbocycles. The van der Waals surface area contributed by atoms with Crippen molar-refractivity contribution in [2.75, 3.05) is 11.6 Å². The van der Waals surface area contributed by atoms with Crippen molar-refractivity contribution >= 4 is 33.0 Å². The van der Waals surface area contributed by atoms with Crippen molar-refractivity contribution in [1.82, 2.24) is 4.98 Å². The van der Waals surface area contributed by atoms with E-state index < -0.39 is 9.84 Å². The van der Waals surface area contributed by atoms with E-state index in [1.807, 2.05) is 0 Å². The van der Waals surface area contributed by atoms with E-state index in [4.69, 9.17) is 11.6 Å². The Hall–Kier alpha value is -2.70. The third kappa shape index (κ3) is 4.09. The van der Waals surface area contributed by atoms with Crippen LogP contribution in [0.2, 0.25) is 5.02 Å². The SMILES string of the molecule is CS(=O)(=O)c1ccc(NC(=O)c2ccc(-c3ncccc3Cl)cc2)cc1. The zero-order valence-electron chi connectivity index (χ0n) is 13.8. The second-order valence-electron chi connectivity index (χ2n) is 5.66. The number of aromatic nitrogens is 1. The highest BCUT2D eigenvalue weighted by atomic mass is 35.5. The fourth-order valence-corrected chi connectivity index (χ4v) is 3.23. The van der Waals surface area contributed by atoms with Gasteiger partial charge in [-0.2, -0.15) is 0 Å². The number of rotatable bonds is 4. The summed E-state index contributed by atoms with van der Waals surface area (Å²) in [7, 11) is -3.26. The van der Waals surface area contributed by atoms with E-state index in [1.165, 1.54) is 12.1 Å². The summed E-state index contributed by atoms with van der Waals surface area (Å²) in [6, 6.07) is 16.4. The zero-order valence-corrected chi connectivity index (χ0v) is 15.4. The molecule has 26 heavy (non-hydrogen) atoms. The van der Waals surface area contributed by atoms with Gasteiger partial charge in [-0.25, -0.2) is 8.42 Å². The maximum absolute atomic E-state index is 12.3. The number of hydrogen-bond acceptors (Lipinski definition) is 4. The zero-order chi connectivity index (χ0) is 18.7. The van der Waals surface area contributed by atoms with Crippen molar-refractivity contribution in [1.29, 1.82) is 0 Å². The largest absolute Gasteiger partial charge is 0.322 e. The van der Waals surface area contributed by atoms with Crippen LogP contribution in [-0.4, -0.2) is 25.6 Å². The average Bonchev–Trinajstić information content (AvgIpc) is 2.62. The quantitative estimate of drug-likeness (QED) is 0.733. The van der Waals surface area contributed by atoms with Crippen LogP contribution in [0.15, 0.2) is 71.8 Å². The Morgan fingerprint density at radius 2 is 1.65 bits per heavy atom. The highest BCUT2D eigenvalue weighted by Crippen LogP contribution is 2.25. The van der Waals surface area contributed by atoms with Crippen LogP contribution in [0.3, 0.4) is 0 Å². The molecule has 3 rings (SSSR count). The molecular formula is C19H15ClN2O3S. The topological polar surface area (TPSA) is 76.1 Å². The summed E-state index contributed by atoms with van der Waals surface area (Å²) in [6.45, 7) is 0. The molecule has 0 saturated heterocycles. The van der Waals surface area contributed by atoms with Crippen molar-refractivity contribution in [3.63, 3.8) is 0 Å². The fraction of sp³-hybridized carbons (Fsp3) is 0.0526. The lowest BCUT2D eigenvalue weighted by Crippen LogP contribution is -2.11. The van der Waals surface area contributed by atoms with Crippen LogP contribution in [0.1, 0.15) is 10.4 Å². The van der Waals surface area contributed by atoms with E-state index in [0.29, 0.717) is 22.0 Å². The second-order valence-corrected chi connectivity index (χ2v) is 8.08. The van der Waals surface area contributed by atoms with Gasteiger partial charge in [0.15, 0.2) is 9.84 Å². The number of carbonyl (C=O) groups is 1. The van der Waals surface area contributed by atoms with Gasteiger partial charge >= 0.3 is 0 Å². The van der Waals surface area contributed by atoms with Crippen LogP contribution < -0.4 is 5.32 Å². The molecule has 0 bridgehead atoms. The summed E-state index contributed by atoms with van der Waals surface area (Å²) >= 11 is 6.13. The number of nitrogens with zero attached hydrogens (tertiary/aromatic N) is 1. The van der Waals surface area contributed by atoms with Crippen molar-refractivity contribution in [2.45, 2.75) is 4.90 Å². The summed E-state index contributed by atoms with van der Waals surface area (Å²) in [6.07, 6.45) is 2.79. The monoisotopic (exact) mass is 386 g/mol. The third-order valence-electron chi connectivity index (χ3n) is 3.72. The van der Waals surface area contributed by atoms with Crippen LogP contribution in [-0.2, 0) is 9.84 Å². The van der Waals surface area contributed by atoms with E-state index in [-0.39, 0.29) is 10.8 Å². The number of nitrogens with one attached hydrogen (secondary N) is 1. The molecule has 1 heterocycles. The summed E-state index contributed by atoms with van der Waals surface area (Å²) in [5.74, 6) is -0.296. The number of carbonyl (C=O) groups excluding carboxylic acids is 1. The van der Waals surface area contributed by atoms with Gasteiger partial charge in [0, 0.05) is 29.3 Å². The second kappa shape index (κ2) is 7.27. The summed E-state index contributed by atoms with van der Waals surface area (Å²) in [5.41, 5.74) is 2.44. The van der Waals surface area contributed by atoms with Gasteiger partial charge in [0.05, 0.1) is 15.6 Å². The molecular weight excluding hydrogens is 372 g/mol. The molecule has 132 valence electrons. The molecule has 0 aliphatic carbocycles. The van der Waals surface area contributed by atoms with Crippen LogP contribution in [0, 0.1) is 0 Å². The van der Waals surface area contributed by atoms with Gasteiger partial charge < -0.3 is 5.32 Å². The molecule has 0 atom stereocenters. The van der Waals surface area contributed by atoms with Gasteiger partial charge in [0.1, 0.15) is 0 Å². The Balaban J connectivity index is 1.75. The van der Waals surface area contributed by atoms with Gasteiger partial charge in [0.2, 0.25) is 0 Å². The molecule has 3 aromatic rings. The van der Waals surface area contributed by atoms with Crippen molar-refractivity contribution < 1.29 is 13.2 Å². The molecule has 0 aliphatic rings. The number of hydrogen-bond donors (Lipinski definition) is 1. The first-order valence-electron chi connectivity index (χ1n) is 7.67. The van der Waals surface area contributed by atoms with Gasteiger partial charge in [-0.1, -0.05) is 23.7 Å². The number of sulfone groups is 1. The fourth-order valence-electron chi connectivity index (χ4n) is 2.37. The van der Waals surface area contributed by atoms with Crippen LogP contribution in [0.25, 0.3) is 11.3 Å². The number of anilines is 1. The predicted octanol–water partition coefficient (Wildman–Crippen LogP) is 4.06. The van der Waals surface area contributed by atoms with E-state index in [0.717, 1.165) is 11.8 Å². The minimum atomic E-state index is -3.26. The Morgan fingerprint density at radius 3 is 2.23 bits per heavy atom. The van der Waals surface area contributed by atoms with Crippen LogP contribution in [0.4, 0.5) is 5.69 Å². The first-order valence-corrected chi connectivity index (χ1v) is 9.94. The maximum atomic E-state index is 12.3. The number of halogens is 1. The highest BCUT2D eigenvalue weighted by molar-refractivity contribution is 7.90. The first-order chi connectivity index (χ1) is 12.3. The molecule has 0 aliphatic heterocycles. The lowest BCUT2D eigenvalue weighted by atomic mass is 10.1. The number of amides is 1. The Labute approximate surface area is 156 Å². The normalized spacial score (nSPS) is 11.2. The lowest BCUT2D eigenvalue weighted by Gasteiger charge is -2.07. The molecule has 1 aromatic heterocycles. The van der Waals surface area contributed by atoms with Gasteiger partial charge in [-0.05, 0) is 48.5 Å². The van der Waals surface area contributed by atoms with Gasteiger partial charge in [-0.3, -0.25) is 9.78 Å². The smallest absolute Gasteiger partial charge is 0.255 e. The number of pyridine rings is 1. The molecule has 2 aromatic carbocycles. The summed E-state index contributed by atoms with van der Waals surface area (Å²) in [4.78, 5) is 16.8. The minimum absolute atomic E-state index is 0.201. The molecule has 5 nitrogen and oxygen atoms in total. The lowest BCUT2D eigenvalue weighted by molar-refractivity contribution is 0.102.